The lowest BCUT2D eigenvalue weighted by Gasteiger charge is -2.19. The lowest BCUT2D eigenvalue weighted by atomic mass is 10.0. The Bertz CT molecular complexity index is 559. The fourth-order valence-electron chi connectivity index (χ4n) is 2.06. The van der Waals surface area contributed by atoms with Crippen LogP contribution in [0.15, 0.2) is 29.6 Å². The molecule has 0 aliphatic carbocycles. The van der Waals surface area contributed by atoms with Crippen molar-refractivity contribution in [3.05, 3.63) is 45.9 Å². The molecule has 114 valence electrons. The molecule has 0 aliphatic heterocycles. The van der Waals surface area contributed by atoms with Crippen molar-refractivity contribution in [2.24, 2.45) is 5.84 Å². The molecule has 5 nitrogen and oxygen atoms in total. The van der Waals surface area contributed by atoms with Gasteiger partial charge in [0.15, 0.2) is 0 Å². The van der Waals surface area contributed by atoms with Gasteiger partial charge in [-0.2, -0.15) is 0 Å². The van der Waals surface area contributed by atoms with Crippen LogP contribution >= 0.6 is 11.3 Å². The minimum absolute atomic E-state index is 0.0331. The van der Waals surface area contributed by atoms with Crippen molar-refractivity contribution < 1.29 is 9.47 Å². The quantitative estimate of drug-likeness (QED) is 0.444. The van der Waals surface area contributed by atoms with E-state index in [1.54, 1.807) is 18.4 Å². The minimum atomic E-state index is -0.0331. The summed E-state index contributed by atoms with van der Waals surface area (Å²) in [6.07, 6.45) is 0.736. The first-order chi connectivity index (χ1) is 10.2. The number of nitrogens with zero attached hydrogens (tertiary/aromatic N) is 1. The number of methoxy groups -OCH3 is 1. The van der Waals surface area contributed by atoms with Gasteiger partial charge in [0.25, 0.3) is 0 Å². The van der Waals surface area contributed by atoms with Crippen LogP contribution in [-0.4, -0.2) is 25.3 Å². The predicted octanol–water partition coefficient (Wildman–Crippen LogP) is 2.22. The van der Waals surface area contributed by atoms with Gasteiger partial charge in [-0.25, -0.2) is 4.98 Å². The first kappa shape index (κ1) is 15.9. The maximum Gasteiger partial charge on any atom is 0.124 e. The van der Waals surface area contributed by atoms with E-state index in [9.17, 15) is 0 Å². The molecule has 3 N–H and O–H groups in total. The molecule has 0 fully saturated rings. The van der Waals surface area contributed by atoms with Gasteiger partial charge < -0.3 is 9.47 Å². The second-order valence-electron chi connectivity index (χ2n) is 4.69. The summed E-state index contributed by atoms with van der Waals surface area (Å²) < 4.78 is 10.8. The Morgan fingerprint density at radius 3 is 2.81 bits per heavy atom. The normalized spacial score (nSPS) is 12.3. The highest BCUT2D eigenvalue weighted by molar-refractivity contribution is 7.09. The SMILES string of the molecule is COCCOc1ccccc1C(Cc1nc(C)cs1)NN. The summed E-state index contributed by atoms with van der Waals surface area (Å²) in [5.41, 5.74) is 4.93. The zero-order valence-electron chi connectivity index (χ0n) is 12.3. The Kier molecular flexibility index (Phi) is 6.13. The fraction of sp³-hybridized carbons (Fsp3) is 0.400. The number of hydrazine groups is 1. The first-order valence-electron chi connectivity index (χ1n) is 6.82. The average molecular weight is 307 g/mol. The average Bonchev–Trinajstić information content (AvgIpc) is 2.91. The van der Waals surface area contributed by atoms with Crippen molar-refractivity contribution in [3.63, 3.8) is 0 Å². The largest absolute Gasteiger partial charge is 0.491 e. The highest BCUT2D eigenvalue weighted by Crippen LogP contribution is 2.28. The third-order valence-corrected chi connectivity index (χ3v) is 4.07. The van der Waals surface area contributed by atoms with Gasteiger partial charge in [-0.3, -0.25) is 11.3 Å². The molecular formula is C15H21N3O2S. The van der Waals surface area contributed by atoms with Crippen LogP contribution in [0.5, 0.6) is 5.75 Å². The summed E-state index contributed by atoms with van der Waals surface area (Å²) in [4.78, 5) is 4.49. The summed E-state index contributed by atoms with van der Waals surface area (Å²) in [5.74, 6) is 6.55. The van der Waals surface area contributed by atoms with Gasteiger partial charge in [0.1, 0.15) is 12.4 Å². The van der Waals surface area contributed by atoms with Crippen LogP contribution in [0.1, 0.15) is 22.3 Å². The Labute approximate surface area is 129 Å². The number of benzene rings is 1. The molecule has 1 unspecified atom stereocenters. The zero-order chi connectivity index (χ0) is 15.1. The summed E-state index contributed by atoms with van der Waals surface area (Å²) >= 11 is 1.65. The molecule has 1 heterocycles. The van der Waals surface area contributed by atoms with E-state index in [2.05, 4.69) is 10.4 Å². The Balaban J connectivity index is 2.13. The topological polar surface area (TPSA) is 69.4 Å². The predicted molar refractivity (Wildman–Crippen MR) is 84.4 cm³/mol. The summed E-state index contributed by atoms with van der Waals surface area (Å²) in [6.45, 7) is 3.06. The van der Waals surface area contributed by atoms with Crippen LogP contribution in [0, 0.1) is 6.92 Å². The van der Waals surface area contributed by atoms with Gasteiger partial charge >= 0.3 is 0 Å². The number of thiazole rings is 1. The molecule has 21 heavy (non-hydrogen) atoms. The van der Waals surface area contributed by atoms with Gasteiger partial charge in [-0.1, -0.05) is 18.2 Å². The monoisotopic (exact) mass is 307 g/mol. The number of aromatic nitrogens is 1. The second kappa shape index (κ2) is 8.09. The van der Waals surface area contributed by atoms with Crippen molar-refractivity contribution in [2.45, 2.75) is 19.4 Å². The van der Waals surface area contributed by atoms with E-state index in [-0.39, 0.29) is 6.04 Å². The molecule has 0 saturated carbocycles. The number of ether oxygens (including phenoxy) is 2. The van der Waals surface area contributed by atoms with E-state index in [1.807, 2.05) is 36.6 Å². The molecule has 1 atom stereocenters. The summed E-state index contributed by atoms with van der Waals surface area (Å²) in [6, 6.07) is 7.87. The standard InChI is InChI=1S/C15H21N3O2S/c1-11-10-21-15(17-11)9-13(18-16)12-5-3-4-6-14(12)20-8-7-19-2/h3-6,10,13,18H,7-9,16H2,1-2H3. The molecule has 1 aromatic heterocycles. The highest BCUT2D eigenvalue weighted by Gasteiger charge is 2.17. The number of nitrogens with one attached hydrogen (secondary N) is 1. The van der Waals surface area contributed by atoms with Gasteiger partial charge in [-0.05, 0) is 13.0 Å². The lowest BCUT2D eigenvalue weighted by molar-refractivity contribution is 0.145. The van der Waals surface area contributed by atoms with E-state index in [0.29, 0.717) is 13.2 Å². The van der Waals surface area contributed by atoms with Gasteiger partial charge in [0.05, 0.1) is 17.7 Å². The highest BCUT2D eigenvalue weighted by atomic mass is 32.1. The van der Waals surface area contributed by atoms with Crippen LogP contribution in [0.3, 0.4) is 0 Å². The second-order valence-corrected chi connectivity index (χ2v) is 5.63. The molecule has 0 bridgehead atoms. The fourth-order valence-corrected chi connectivity index (χ4v) is 2.88. The Morgan fingerprint density at radius 2 is 2.14 bits per heavy atom. The van der Waals surface area contributed by atoms with Crippen molar-refractivity contribution in [3.8, 4) is 5.75 Å². The Morgan fingerprint density at radius 1 is 1.33 bits per heavy atom. The van der Waals surface area contributed by atoms with Crippen LogP contribution in [0.25, 0.3) is 0 Å². The van der Waals surface area contributed by atoms with Crippen molar-refractivity contribution in [2.75, 3.05) is 20.3 Å². The van der Waals surface area contributed by atoms with E-state index in [4.69, 9.17) is 15.3 Å². The molecule has 0 amide bonds. The molecule has 2 rings (SSSR count). The number of hydrogen-bond acceptors (Lipinski definition) is 6. The van der Waals surface area contributed by atoms with Gasteiger partial charge in [-0.15, -0.1) is 11.3 Å². The van der Waals surface area contributed by atoms with E-state index < -0.39 is 0 Å². The van der Waals surface area contributed by atoms with Crippen LogP contribution in [0.2, 0.25) is 0 Å². The number of para-hydroxylation sites is 1. The maximum absolute atomic E-state index is 5.77. The van der Waals surface area contributed by atoms with Crippen LogP contribution in [-0.2, 0) is 11.2 Å². The Hall–Kier alpha value is -1.47. The lowest BCUT2D eigenvalue weighted by Crippen LogP contribution is -2.30. The van der Waals surface area contributed by atoms with Gasteiger partial charge in [0.2, 0.25) is 0 Å². The third-order valence-electron chi connectivity index (χ3n) is 3.09. The molecule has 0 spiro atoms. The van der Waals surface area contributed by atoms with Crippen molar-refractivity contribution >= 4 is 11.3 Å². The van der Waals surface area contributed by atoms with Crippen LogP contribution in [0.4, 0.5) is 0 Å². The number of nitrogens with two attached hydrogens (primary N) is 1. The molecular weight excluding hydrogens is 286 g/mol. The molecule has 0 aliphatic rings. The third kappa shape index (κ3) is 4.50. The summed E-state index contributed by atoms with van der Waals surface area (Å²) in [5, 5.41) is 3.10. The molecule has 6 heteroatoms. The molecule has 2 aromatic rings. The van der Waals surface area contributed by atoms with E-state index in [1.165, 1.54) is 0 Å². The molecule has 0 saturated heterocycles. The van der Waals surface area contributed by atoms with Crippen molar-refractivity contribution in [1.82, 2.24) is 10.4 Å². The molecule has 0 radical (unpaired) electrons. The zero-order valence-corrected chi connectivity index (χ0v) is 13.2. The number of aryl methyl sites for hydroxylation is 1. The van der Waals surface area contributed by atoms with E-state index in [0.717, 1.165) is 28.4 Å². The number of rotatable bonds is 8. The van der Waals surface area contributed by atoms with Crippen molar-refractivity contribution in [1.29, 1.82) is 0 Å². The van der Waals surface area contributed by atoms with Crippen LogP contribution < -0.4 is 16.0 Å². The number of hydrogen-bond donors (Lipinski definition) is 2. The molecule has 1 aromatic carbocycles. The maximum atomic E-state index is 5.77. The first-order valence-corrected chi connectivity index (χ1v) is 7.70. The van der Waals surface area contributed by atoms with Gasteiger partial charge in [0, 0.05) is 30.2 Å². The van der Waals surface area contributed by atoms with E-state index >= 15 is 0 Å². The summed E-state index contributed by atoms with van der Waals surface area (Å²) in [7, 11) is 1.66. The smallest absolute Gasteiger partial charge is 0.124 e. The minimum Gasteiger partial charge on any atom is -0.491 e.